The molecule has 6 aromatic rings. The van der Waals surface area contributed by atoms with Crippen molar-refractivity contribution in [3.8, 4) is 11.1 Å². The molecule has 0 aliphatic heterocycles. The van der Waals surface area contributed by atoms with Crippen molar-refractivity contribution in [1.82, 2.24) is 4.98 Å². The SMILES string of the molecule is Fc1ccc(Sc2c3ccccc3c(-c3ccc4ccccc4c3)c3cnccc23)cc1. The van der Waals surface area contributed by atoms with Gasteiger partial charge in [-0.05, 0) is 74.5 Å². The number of halogens is 1. The first-order valence-corrected chi connectivity index (χ1v) is 11.3. The van der Waals surface area contributed by atoms with E-state index in [0.717, 1.165) is 20.6 Å². The maximum absolute atomic E-state index is 13.5. The van der Waals surface area contributed by atoms with E-state index in [1.54, 1.807) is 11.8 Å². The number of pyridine rings is 1. The van der Waals surface area contributed by atoms with Gasteiger partial charge in [0.25, 0.3) is 0 Å². The molecule has 0 aliphatic carbocycles. The first kappa shape index (κ1) is 19.0. The maximum atomic E-state index is 13.5. The van der Waals surface area contributed by atoms with Crippen LogP contribution < -0.4 is 0 Å². The van der Waals surface area contributed by atoms with Crippen LogP contribution in [-0.4, -0.2) is 4.98 Å². The molecule has 6 rings (SSSR count). The molecular formula is C29H18FNS. The van der Waals surface area contributed by atoms with Gasteiger partial charge in [0.05, 0.1) is 0 Å². The summed E-state index contributed by atoms with van der Waals surface area (Å²) in [4.78, 5) is 6.64. The summed E-state index contributed by atoms with van der Waals surface area (Å²) in [7, 11) is 0. The Morgan fingerprint density at radius 2 is 1.34 bits per heavy atom. The molecule has 0 radical (unpaired) electrons. The van der Waals surface area contributed by atoms with E-state index in [1.165, 1.54) is 44.8 Å². The van der Waals surface area contributed by atoms with Crippen LogP contribution in [0, 0.1) is 5.82 Å². The number of nitrogens with zero attached hydrogens (tertiary/aromatic N) is 1. The van der Waals surface area contributed by atoms with Crippen LogP contribution in [0.4, 0.5) is 4.39 Å². The zero-order valence-electron chi connectivity index (χ0n) is 17.1. The smallest absolute Gasteiger partial charge is 0.123 e. The lowest BCUT2D eigenvalue weighted by Gasteiger charge is -2.17. The van der Waals surface area contributed by atoms with Crippen molar-refractivity contribution in [3.05, 3.63) is 115 Å². The Morgan fingerprint density at radius 3 is 2.19 bits per heavy atom. The van der Waals surface area contributed by atoms with E-state index in [1.807, 2.05) is 24.5 Å². The fourth-order valence-electron chi connectivity index (χ4n) is 4.37. The molecule has 152 valence electrons. The molecular weight excluding hydrogens is 413 g/mol. The summed E-state index contributed by atoms with van der Waals surface area (Å²) in [5, 5.41) is 7.08. The summed E-state index contributed by atoms with van der Waals surface area (Å²) in [6.07, 6.45) is 3.80. The summed E-state index contributed by atoms with van der Waals surface area (Å²) in [5.41, 5.74) is 2.37. The fraction of sp³-hybridized carbons (Fsp3) is 0. The van der Waals surface area contributed by atoms with Crippen molar-refractivity contribution in [2.75, 3.05) is 0 Å². The third-order valence-electron chi connectivity index (χ3n) is 5.85. The minimum absolute atomic E-state index is 0.222. The minimum Gasteiger partial charge on any atom is -0.264 e. The molecule has 0 aliphatic rings. The molecule has 3 heteroatoms. The van der Waals surface area contributed by atoms with Gasteiger partial charge in [0.2, 0.25) is 0 Å². The third kappa shape index (κ3) is 3.22. The van der Waals surface area contributed by atoms with E-state index in [-0.39, 0.29) is 5.82 Å². The summed E-state index contributed by atoms with van der Waals surface area (Å²) >= 11 is 1.67. The Kier molecular flexibility index (Phi) is 4.62. The Bertz CT molecular complexity index is 1550. The first-order valence-electron chi connectivity index (χ1n) is 10.5. The van der Waals surface area contributed by atoms with Gasteiger partial charge in [-0.25, -0.2) is 4.39 Å². The summed E-state index contributed by atoms with van der Waals surface area (Å²) < 4.78 is 13.5. The average molecular weight is 432 g/mol. The van der Waals surface area contributed by atoms with Crippen LogP contribution in [0.1, 0.15) is 0 Å². The van der Waals surface area contributed by atoms with Gasteiger partial charge in [-0.2, -0.15) is 0 Å². The first-order chi connectivity index (χ1) is 15.8. The van der Waals surface area contributed by atoms with Crippen molar-refractivity contribution in [3.63, 3.8) is 0 Å². The van der Waals surface area contributed by atoms with Gasteiger partial charge in [0.15, 0.2) is 0 Å². The average Bonchev–Trinajstić information content (AvgIpc) is 2.85. The van der Waals surface area contributed by atoms with Gasteiger partial charge in [0.1, 0.15) is 5.82 Å². The van der Waals surface area contributed by atoms with E-state index < -0.39 is 0 Å². The monoisotopic (exact) mass is 431 g/mol. The normalized spacial score (nSPS) is 11.4. The summed E-state index contributed by atoms with van der Waals surface area (Å²) in [6.45, 7) is 0. The second-order valence-corrected chi connectivity index (χ2v) is 8.87. The van der Waals surface area contributed by atoms with E-state index in [9.17, 15) is 4.39 Å². The zero-order valence-corrected chi connectivity index (χ0v) is 17.9. The summed E-state index contributed by atoms with van der Waals surface area (Å²) in [6, 6.07) is 32.4. The predicted molar refractivity (Wildman–Crippen MR) is 133 cm³/mol. The molecule has 0 unspecified atom stereocenters. The van der Waals surface area contributed by atoms with E-state index in [2.05, 4.69) is 77.8 Å². The number of benzene rings is 5. The Hall–Kier alpha value is -3.69. The second-order valence-electron chi connectivity index (χ2n) is 7.79. The Balaban J connectivity index is 1.66. The molecule has 1 aromatic heterocycles. The lowest BCUT2D eigenvalue weighted by atomic mass is 9.92. The molecule has 1 nitrogen and oxygen atoms in total. The van der Waals surface area contributed by atoms with Crippen molar-refractivity contribution in [2.45, 2.75) is 9.79 Å². The third-order valence-corrected chi connectivity index (χ3v) is 7.00. The highest BCUT2D eigenvalue weighted by molar-refractivity contribution is 7.99. The van der Waals surface area contributed by atoms with Crippen molar-refractivity contribution in [1.29, 1.82) is 0 Å². The molecule has 0 saturated heterocycles. The van der Waals surface area contributed by atoms with Crippen molar-refractivity contribution in [2.24, 2.45) is 0 Å². The standard InChI is InChI=1S/C29H18FNS/c30-22-11-13-23(14-12-22)32-29-25-8-4-3-7-24(25)28(27-18-31-16-15-26(27)29)21-10-9-19-5-1-2-6-20(19)17-21/h1-18H. The number of aromatic nitrogens is 1. The number of hydrogen-bond acceptors (Lipinski definition) is 2. The van der Waals surface area contributed by atoms with Crippen LogP contribution >= 0.6 is 11.8 Å². The largest absolute Gasteiger partial charge is 0.264 e. The molecule has 1 heterocycles. The molecule has 0 spiro atoms. The Labute approximate surface area is 189 Å². The number of rotatable bonds is 3. The molecule has 0 bridgehead atoms. The molecule has 0 saturated carbocycles. The molecule has 32 heavy (non-hydrogen) atoms. The van der Waals surface area contributed by atoms with E-state index >= 15 is 0 Å². The minimum atomic E-state index is -0.222. The van der Waals surface area contributed by atoms with Crippen LogP contribution in [0.25, 0.3) is 43.4 Å². The lowest BCUT2D eigenvalue weighted by molar-refractivity contribution is 0.626. The molecule has 0 atom stereocenters. The number of fused-ring (bicyclic) bond motifs is 3. The second kappa shape index (κ2) is 7.77. The van der Waals surface area contributed by atoms with Gasteiger partial charge in [-0.15, -0.1) is 0 Å². The highest BCUT2D eigenvalue weighted by Gasteiger charge is 2.16. The number of hydrogen-bond donors (Lipinski definition) is 0. The van der Waals surface area contributed by atoms with Crippen molar-refractivity contribution < 1.29 is 4.39 Å². The van der Waals surface area contributed by atoms with Crippen LogP contribution in [-0.2, 0) is 0 Å². The van der Waals surface area contributed by atoms with Crippen LogP contribution in [0.2, 0.25) is 0 Å². The highest BCUT2D eigenvalue weighted by atomic mass is 32.2. The quantitative estimate of drug-likeness (QED) is 0.261. The molecule has 5 aromatic carbocycles. The highest BCUT2D eigenvalue weighted by Crippen LogP contribution is 2.45. The van der Waals surface area contributed by atoms with E-state index in [4.69, 9.17) is 0 Å². The van der Waals surface area contributed by atoms with E-state index in [0.29, 0.717) is 0 Å². The summed E-state index contributed by atoms with van der Waals surface area (Å²) in [5.74, 6) is -0.222. The van der Waals surface area contributed by atoms with Gasteiger partial charge in [-0.1, -0.05) is 72.4 Å². The Morgan fingerprint density at radius 1 is 0.625 bits per heavy atom. The van der Waals surface area contributed by atoms with Crippen LogP contribution in [0.15, 0.2) is 119 Å². The molecule has 0 fully saturated rings. The van der Waals surface area contributed by atoms with Gasteiger partial charge < -0.3 is 0 Å². The van der Waals surface area contributed by atoms with Crippen LogP contribution in [0.5, 0.6) is 0 Å². The predicted octanol–water partition coefficient (Wildman–Crippen LogP) is 8.50. The zero-order chi connectivity index (χ0) is 21.5. The maximum Gasteiger partial charge on any atom is 0.123 e. The van der Waals surface area contributed by atoms with Gasteiger partial charge in [0, 0.05) is 27.6 Å². The topological polar surface area (TPSA) is 12.9 Å². The van der Waals surface area contributed by atoms with Gasteiger partial charge >= 0.3 is 0 Å². The molecule has 0 N–H and O–H groups in total. The fourth-order valence-corrected chi connectivity index (χ4v) is 5.45. The lowest BCUT2D eigenvalue weighted by Crippen LogP contribution is -1.90. The molecule has 0 amide bonds. The van der Waals surface area contributed by atoms with Crippen molar-refractivity contribution >= 4 is 44.1 Å². The van der Waals surface area contributed by atoms with Crippen LogP contribution in [0.3, 0.4) is 0 Å². The van der Waals surface area contributed by atoms with Gasteiger partial charge in [-0.3, -0.25) is 4.98 Å².